The van der Waals surface area contributed by atoms with E-state index in [0.29, 0.717) is 17.3 Å². The monoisotopic (exact) mass is 376 g/mol. The number of rotatable bonds is 7. The Bertz CT molecular complexity index is 709. The predicted octanol–water partition coefficient (Wildman–Crippen LogP) is 4.55. The summed E-state index contributed by atoms with van der Waals surface area (Å²) in [7, 11) is 0. The number of anilines is 1. The number of hydrogen-bond donors (Lipinski definition) is 1. The molecule has 0 amide bonds. The molecule has 2 rings (SSSR count). The molecule has 2 aromatic rings. The van der Waals surface area contributed by atoms with E-state index in [-0.39, 0.29) is 5.97 Å². The minimum absolute atomic E-state index is 0.317. The smallest absolute Gasteiger partial charge is 0.341 e. The zero-order valence-electron chi connectivity index (χ0n) is 14.9. The second-order valence-electron chi connectivity index (χ2n) is 5.44. The minimum Gasteiger partial charge on any atom is -0.462 e. The van der Waals surface area contributed by atoms with Crippen LogP contribution in [0.1, 0.15) is 41.6 Å². The van der Waals surface area contributed by atoms with Crippen molar-refractivity contribution in [1.29, 1.82) is 0 Å². The van der Waals surface area contributed by atoms with Crippen LogP contribution in [0.2, 0.25) is 0 Å². The molecule has 0 atom stereocenters. The molecule has 4 nitrogen and oxygen atoms in total. The van der Waals surface area contributed by atoms with Crippen LogP contribution in [0.4, 0.5) is 5.00 Å². The highest BCUT2D eigenvalue weighted by molar-refractivity contribution is 7.80. The molecule has 6 heteroatoms. The van der Waals surface area contributed by atoms with Gasteiger partial charge in [0.2, 0.25) is 0 Å². The molecule has 0 spiro atoms. The molecule has 25 heavy (non-hydrogen) atoms. The average molecular weight is 377 g/mol. The van der Waals surface area contributed by atoms with Crippen molar-refractivity contribution in [1.82, 2.24) is 4.90 Å². The number of benzene rings is 1. The van der Waals surface area contributed by atoms with Gasteiger partial charge in [-0.1, -0.05) is 30.3 Å². The fourth-order valence-electron chi connectivity index (χ4n) is 2.47. The molecule has 0 saturated carbocycles. The van der Waals surface area contributed by atoms with Gasteiger partial charge in [-0.15, -0.1) is 11.3 Å². The molecular weight excluding hydrogens is 352 g/mol. The fraction of sp³-hybridized carbons (Fsp3) is 0.368. The van der Waals surface area contributed by atoms with Crippen molar-refractivity contribution >= 4 is 39.6 Å². The van der Waals surface area contributed by atoms with E-state index >= 15 is 0 Å². The van der Waals surface area contributed by atoms with Crippen LogP contribution in [0.25, 0.3) is 0 Å². The van der Waals surface area contributed by atoms with Gasteiger partial charge in [0.1, 0.15) is 5.00 Å². The molecule has 134 valence electrons. The third kappa shape index (κ3) is 5.28. The van der Waals surface area contributed by atoms with Crippen molar-refractivity contribution in [3.8, 4) is 0 Å². The zero-order chi connectivity index (χ0) is 18.2. The van der Waals surface area contributed by atoms with E-state index in [1.54, 1.807) is 11.3 Å². The molecule has 0 fully saturated rings. The van der Waals surface area contributed by atoms with E-state index in [1.807, 2.05) is 36.1 Å². The number of hydrogen-bond acceptors (Lipinski definition) is 4. The SMILES string of the molecule is CCOC(=O)c1cc(Cc2ccccc2)sc1NC(=S)N(CC)CC. The summed E-state index contributed by atoms with van der Waals surface area (Å²) in [6.45, 7) is 7.90. The number of carbonyl (C=O) groups excluding carboxylic acids is 1. The van der Waals surface area contributed by atoms with Gasteiger partial charge in [0.05, 0.1) is 12.2 Å². The summed E-state index contributed by atoms with van der Waals surface area (Å²) in [5.74, 6) is -0.317. The van der Waals surface area contributed by atoms with Gasteiger partial charge in [-0.3, -0.25) is 0 Å². The molecule has 1 aromatic heterocycles. The molecule has 1 N–H and O–H groups in total. The lowest BCUT2D eigenvalue weighted by molar-refractivity contribution is 0.0528. The fourth-order valence-corrected chi connectivity index (χ4v) is 3.97. The molecule has 0 aliphatic rings. The van der Waals surface area contributed by atoms with E-state index in [4.69, 9.17) is 17.0 Å². The van der Waals surface area contributed by atoms with Gasteiger partial charge in [-0.2, -0.15) is 0 Å². The summed E-state index contributed by atoms with van der Waals surface area (Å²) >= 11 is 7.02. The van der Waals surface area contributed by atoms with Crippen molar-refractivity contribution in [2.24, 2.45) is 0 Å². The Hall–Kier alpha value is -1.92. The van der Waals surface area contributed by atoms with E-state index in [1.165, 1.54) is 5.56 Å². The average Bonchev–Trinajstić information content (AvgIpc) is 2.99. The summed E-state index contributed by atoms with van der Waals surface area (Å²) in [5.41, 5.74) is 1.75. The molecule has 0 saturated heterocycles. The molecule has 0 unspecified atom stereocenters. The highest BCUT2D eigenvalue weighted by atomic mass is 32.1. The Kier molecular flexibility index (Phi) is 7.40. The van der Waals surface area contributed by atoms with Crippen LogP contribution in [-0.2, 0) is 11.2 Å². The minimum atomic E-state index is -0.317. The van der Waals surface area contributed by atoms with Gasteiger partial charge in [0, 0.05) is 24.4 Å². The first kappa shape index (κ1) is 19.4. The third-order valence-corrected chi connectivity index (χ3v) is 5.18. The standard InChI is InChI=1S/C19H24N2O2S2/c1-4-21(5-2)19(24)20-17-16(18(22)23-6-3)13-15(25-17)12-14-10-8-7-9-11-14/h7-11,13H,4-6,12H2,1-3H3,(H,20,24). The van der Waals surface area contributed by atoms with E-state index in [9.17, 15) is 4.79 Å². The van der Waals surface area contributed by atoms with E-state index in [2.05, 4.69) is 31.3 Å². The second kappa shape index (κ2) is 9.53. The summed E-state index contributed by atoms with van der Waals surface area (Å²) in [5, 5.41) is 4.61. The molecule has 1 heterocycles. The Morgan fingerprint density at radius 1 is 1.20 bits per heavy atom. The van der Waals surface area contributed by atoms with E-state index in [0.717, 1.165) is 29.4 Å². The normalized spacial score (nSPS) is 10.4. The van der Waals surface area contributed by atoms with Gasteiger partial charge < -0.3 is 15.0 Å². The molecule has 0 aliphatic carbocycles. The second-order valence-corrected chi connectivity index (χ2v) is 6.96. The number of esters is 1. The number of nitrogens with zero attached hydrogens (tertiary/aromatic N) is 1. The van der Waals surface area contributed by atoms with Crippen LogP contribution in [-0.4, -0.2) is 35.7 Å². The molecule has 1 aromatic carbocycles. The summed E-state index contributed by atoms with van der Waals surface area (Å²) < 4.78 is 5.20. The Morgan fingerprint density at radius 2 is 1.88 bits per heavy atom. The largest absolute Gasteiger partial charge is 0.462 e. The molecular formula is C19H24N2O2S2. The highest BCUT2D eigenvalue weighted by Crippen LogP contribution is 2.31. The van der Waals surface area contributed by atoms with Gasteiger partial charge in [-0.05, 0) is 44.6 Å². The lowest BCUT2D eigenvalue weighted by Crippen LogP contribution is -2.34. The van der Waals surface area contributed by atoms with Crippen molar-refractivity contribution in [3.05, 3.63) is 52.4 Å². The van der Waals surface area contributed by atoms with Crippen LogP contribution in [0, 0.1) is 0 Å². The highest BCUT2D eigenvalue weighted by Gasteiger charge is 2.19. The maximum absolute atomic E-state index is 12.3. The molecule has 0 radical (unpaired) electrons. The first-order valence-corrected chi connectivity index (χ1v) is 9.71. The van der Waals surface area contributed by atoms with Crippen molar-refractivity contribution in [2.75, 3.05) is 25.0 Å². The summed E-state index contributed by atoms with van der Waals surface area (Å²) in [6, 6.07) is 12.1. The number of ether oxygens (including phenoxy) is 1. The maximum Gasteiger partial charge on any atom is 0.341 e. The van der Waals surface area contributed by atoms with Gasteiger partial charge in [0.25, 0.3) is 0 Å². The Morgan fingerprint density at radius 3 is 2.48 bits per heavy atom. The van der Waals surface area contributed by atoms with Crippen LogP contribution in [0.5, 0.6) is 0 Å². The van der Waals surface area contributed by atoms with Crippen LogP contribution < -0.4 is 5.32 Å². The number of thiocarbonyl (C=S) groups is 1. The maximum atomic E-state index is 12.3. The van der Waals surface area contributed by atoms with Crippen LogP contribution in [0.15, 0.2) is 36.4 Å². The first-order valence-electron chi connectivity index (χ1n) is 8.48. The van der Waals surface area contributed by atoms with Crippen LogP contribution in [0.3, 0.4) is 0 Å². The molecule has 0 bridgehead atoms. The first-order chi connectivity index (χ1) is 12.1. The Labute approximate surface area is 158 Å². The number of thiophene rings is 1. The lowest BCUT2D eigenvalue weighted by Gasteiger charge is -2.22. The third-order valence-electron chi connectivity index (χ3n) is 3.77. The topological polar surface area (TPSA) is 41.6 Å². The van der Waals surface area contributed by atoms with Crippen molar-refractivity contribution in [2.45, 2.75) is 27.2 Å². The van der Waals surface area contributed by atoms with Crippen LogP contribution >= 0.6 is 23.6 Å². The van der Waals surface area contributed by atoms with Gasteiger partial charge in [0.15, 0.2) is 5.11 Å². The predicted molar refractivity (Wildman–Crippen MR) is 109 cm³/mol. The van der Waals surface area contributed by atoms with Gasteiger partial charge >= 0.3 is 5.97 Å². The number of nitrogens with one attached hydrogen (secondary N) is 1. The Balaban J connectivity index is 2.26. The number of carbonyl (C=O) groups is 1. The quantitative estimate of drug-likeness (QED) is 0.567. The lowest BCUT2D eigenvalue weighted by atomic mass is 10.1. The van der Waals surface area contributed by atoms with Gasteiger partial charge in [-0.25, -0.2) is 4.79 Å². The van der Waals surface area contributed by atoms with Crippen molar-refractivity contribution in [3.63, 3.8) is 0 Å². The van der Waals surface area contributed by atoms with E-state index < -0.39 is 0 Å². The zero-order valence-corrected chi connectivity index (χ0v) is 16.5. The molecule has 0 aliphatic heterocycles. The summed E-state index contributed by atoms with van der Waals surface area (Å²) in [6.07, 6.45) is 0.775. The summed E-state index contributed by atoms with van der Waals surface area (Å²) in [4.78, 5) is 15.4. The van der Waals surface area contributed by atoms with Crippen molar-refractivity contribution < 1.29 is 9.53 Å².